The Bertz CT molecular complexity index is 660. The van der Waals surface area contributed by atoms with Crippen LogP contribution in [0.2, 0.25) is 0 Å². The molecule has 0 fully saturated rings. The molecule has 1 heterocycles. The van der Waals surface area contributed by atoms with Gasteiger partial charge < -0.3 is 4.57 Å². The number of hydrogen-bond donors (Lipinski definition) is 0. The zero-order valence-corrected chi connectivity index (χ0v) is 12.0. The molecule has 19 heavy (non-hydrogen) atoms. The van der Waals surface area contributed by atoms with Crippen LogP contribution >= 0.6 is 0 Å². The van der Waals surface area contributed by atoms with Crippen molar-refractivity contribution < 1.29 is 0 Å². The van der Waals surface area contributed by atoms with Crippen LogP contribution in [0.1, 0.15) is 17.0 Å². The predicted molar refractivity (Wildman–Crippen MR) is 81.4 cm³/mol. The number of benzene rings is 2. The number of fused-ring (bicyclic) bond motifs is 1. The third kappa shape index (κ3) is 3.02. The van der Waals surface area contributed by atoms with Crippen LogP contribution in [0.4, 0.5) is 0 Å². The summed E-state index contributed by atoms with van der Waals surface area (Å²) >= 11 is 0. The lowest BCUT2D eigenvalue weighted by Crippen LogP contribution is -1.89. The molecular weight excluding hydrogens is 232 g/mol. The van der Waals surface area contributed by atoms with Gasteiger partial charge in [0.25, 0.3) is 0 Å². The molecule has 0 saturated heterocycles. The van der Waals surface area contributed by atoms with Crippen LogP contribution in [0.15, 0.2) is 48.5 Å². The van der Waals surface area contributed by atoms with E-state index in [1.165, 1.54) is 16.6 Å². The molecule has 0 N–H and O–H groups in total. The summed E-state index contributed by atoms with van der Waals surface area (Å²) in [7, 11) is 2.03. The van der Waals surface area contributed by atoms with E-state index in [2.05, 4.69) is 53.7 Å². The minimum atomic E-state index is 1.06. The fourth-order valence-electron chi connectivity index (χ4n) is 1.93. The van der Waals surface area contributed by atoms with Crippen molar-refractivity contribution in [1.29, 1.82) is 0 Å². The fourth-order valence-corrected chi connectivity index (χ4v) is 1.93. The lowest BCUT2D eigenvalue weighted by Gasteiger charge is -1.93. The van der Waals surface area contributed by atoms with Crippen molar-refractivity contribution >= 4 is 11.0 Å². The first kappa shape index (κ1) is 13.3. The normalized spacial score (nSPS) is 10.1. The molecule has 0 atom stereocenters. The summed E-state index contributed by atoms with van der Waals surface area (Å²) < 4.78 is 2.09. The molecule has 98 valence electrons. The number of hydrogen-bond acceptors (Lipinski definition) is 1. The second-order valence-corrected chi connectivity index (χ2v) is 4.79. The minimum Gasteiger partial charge on any atom is -0.331 e. The highest BCUT2D eigenvalue weighted by Crippen LogP contribution is 2.12. The minimum absolute atomic E-state index is 1.06. The van der Waals surface area contributed by atoms with Crippen LogP contribution in [0, 0.1) is 20.8 Å². The SMILES string of the molecule is Cc1ccccc1C.Cc1nc2ccccc2n1C. The first-order valence-corrected chi connectivity index (χ1v) is 6.50. The highest BCUT2D eigenvalue weighted by molar-refractivity contribution is 5.75. The van der Waals surface area contributed by atoms with Crippen LogP contribution in [0.3, 0.4) is 0 Å². The molecule has 0 spiro atoms. The lowest BCUT2D eigenvalue weighted by molar-refractivity contribution is 0.886. The Balaban J connectivity index is 0.000000148. The summed E-state index contributed by atoms with van der Waals surface area (Å²) in [6, 6.07) is 16.5. The van der Waals surface area contributed by atoms with Crippen molar-refractivity contribution in [2.24, 2.45) is 7.05 Å². The van der Waals surface area contributed by atoms with Gasteiger partial charge in [-0.25, -0.2) is 4.98 Å². The van der Waals surface area contributed by atoms with Gasteiger partial charge >= 0.3 is 0 Å². The summed E-state index contributed by atoms with van der Waals surface area (Å²) in [5.41, 5.74) is 5.01. The third-order valence-corrected chi connectivity index (χ3v) is 3.44. The largest absolute Gasteiger partial charge is 0.331 e. The number of nitrogens with zero attached hydrogens (tertiary/aromatic N) is 2. The Morgan fingerprint density at radius 3 is 1.84 bits per heavy atom. The second-order valence-electron chi connectivity index (χ2n) is 4.79. The number of aromatic nitrogens is 2. The van der Waals surface area contributed by atoms with Gasteiger partial charge in [-0.3, -0.25) is 0 Å². The van der Waals surface area contributed by atoms with Gasteiger partial charge in [0.2, 0.25) is 0 Å². The lowest BCUT2D eigenvalue weighted by atomic mass is 10.1. The van der Waals surface area contributed by atoms with Crippen LogP contribution in [0.25, 0.3) is 11.0 Å². The van der Waals surface area contributed by atoms with Gasteiger partial charge in [-0.1, -0.05) is 36.4 Å². The maximum atomic E-state index is 4.38. The molecule has 2 nitrogen and oxygen atoms in total. The van der Waals surface area contributed by atoms with E-state index in [4.69, 9.17) is 0 Å². The predicted octanol–water partition coefficient (Wildman–Crippen LogP) is 4.19. The molecule has 2 aromatic carbocycles. The summed E-state index contributed by atoms with van der Waals surface area (Å²) in [6.07, 6.45) is 0. The smallest absolute Gasteiger partial charge is 0.106 e. The zero-order valence-electron chi connectivity index (χ0n) is 12.0. The van der Waals surface area contributed by atoms with E-state index in [0.717, 1.165) is 11.3 Å². The van der Waals surface area contributed by atoms with Crippen molar-refractivity contribution in [3.63, 3.8) is 0 Å². The Kier molecular flexibility index (Phi) is 4.00. The number of para-hydroxylation sites is 2. The highest BCUT2D eigenvalue weighted by atomic mass is 15.0. The maximum absolute atomic E-state index is 4.38. The molecule has 0 radical (unpaired) electrons. The van der Waals surface area contributed by atoms with Gasteiger partial charge in [-0.15, -0.1) is 0 Å². The van der Waals surface area contributed by atoms with Crippen LogP contribution in [0.5, 0.6) is 0 Å². The molecule has 1 aromatic heterocycles. The molecule has 3 rings (SSSR count). The van der Waals surface area contributed by atoms with E-state index in [-0.39, 0.29) is 0 Å². The average molecular weight is 252 g/mol. The van der Waals surface area contributed by atoms with Crippen molar-refractivity contribution in [3.05, 3.63) is 65.5 Å². The molecule has 0 amide bonds. The van der Waals surface area contributed by atoms with Gasteiger partial charge in [0.15, 0.2) is 0 Å². The average Bonchev–Trinajstić information content (AvgIpc) is 2.70. The van der Waals surface area contributed by atoms with E-state index in [1.54, 1.807) is 0 Å². The van der Waals surface area contributed by atoms with Gasteiger partial charge in [-0.05, 0) is 44.0 Å². The summed E-state index contributed by atoms with van der Waals surface area (Å²) in [6.45, 7) is 6.25. The Morgan fingerprint density at radius 2 is 1.32 bits per heavy atom. The second kappa shape index (κ2) is 5.70. The first-order valence-electron chi connectivity index (χ1n) is 6.50. The topological polar surface area (TPSA) is 17.8 Å². The van der Waals surface area contributed by atoms with Gasteiger partial charge in [0.05, 0.1) is 11.0 Å². The third-order valence-electron chi connectivity index (χ3n) is 3.44. The van der Waals surface area contributed by atoms with Crippen molar-refractivity contribution in [3.8, 4) is 0 Å². The zero-order chi connectivity index (χ0) is 13.8. The molecule has 0 bridgehead atoms. The van der Waals surface area contributed by atoms with Crippen LogP contribution in [-0.2, 0) is 7.05 Å². The monoisotopic (exact) mass is 252 g/mol. The number of rotatable bonds is 0. The standard InChI is InChI=1S/C9H10N2.C8H10/c1-7-10-8-5-3-4-6-9(8)11(7)2;1-7-5-3-4-6-8(7)2/h3-6H,1-2H3;3-6H,1-2H3. The van der Waals surface area contributed by atoms with Gasteiger partial charge in [-0.2, -0.15) is 0 Å². The quantitative estimate of drug-likeness (QED) is 0.586. The molecule has 0 aliphatic heterocycles. The van der Waals surface area contributed by atoms with Crippen LogP contribution < -0.4 is 0 Å². The molecular formula is C17H20N2. The summed E-state index contributed by atoms with van der Waals surface area (Å²) in [5.74, 6) is 1.06. The molecule has 0 unspecified atom stereocenters. The van der Waals surface area contributed by atoms with Crippen molar-refractivity contribution in [2.75, 3.05) is 0 Å². The Morgan fingerprint density at radius 1 is 0.789 bits per heavy atom. The van der Waals surface area contributed by atoms with E-state index < -0.39 is 0 Å². The highest BCUT2D eigenvalue weighted by Gasteiger charge is 2.00. The van der Waals surface area contributed by atoms with Gasteiger partial charge in [0, 0.05) is 7.05 Å². The molecule has 0 saturated carbocycles. The van der Waals surface area contributed by atoms with E-state index in [0.29, 0.717) is 0 Å². The Hall–Kier alpha value is -2.09. The Labute approximate surface area is 114 Å². The van der Waals surface area contributed by atoms with E-state index in [1.807, 2.05) is 32.2 Å². The number of imidazole rings is 1. The maximum Gasteiger partial charge on any atom is 0.106 e. The molecule has 3 aromatic rings. The summed E-state index contributed by atoms with van der Waals surface area (Å²) in [5, 5.41) is 0. The van der Waals surface area contributed by atoms with Crippen molar-refractivity contribution in [2.45, 2.75) is 20.8 Å². The van der Waals surface area contributed by atoms with Crippen molar-refractivity contribution in [1.82, 2.24) is 9.55 Å². The molecule has 0 aliphatic carbocycles. The van der Waals surface area contributed by atoms with Gasteiger partial charge in [0.1, 0.15) is 5.82 Å². The molecule has 2 heteroatoms. The fraction of sp³-hybridized carbons (Fsp3) is 0.235. The number of aryl methyl sites for hydroxylation is 4. The van der Waals surface area contributed by atoms with E-state index in [9.17, 15) is 0 Å². The van der Waals surface area contributed by atoms with Crippen LogP contribution in [-0.4, -0.2) is 9.55 Å². The van der Waals surface area contributed by atoms with E-state index >= 15 is 0 Å². The molecule has 0 aliphatic rings. The first-order chi connectivity index (χ1) is 9.09. The summed E-state index contributed by atoms with van der Waals surface area (Å²) in [4.78, 5) is 4.38.